The Bertz CT molecular complexity index is 1690. The molecule has 0 amide bonds. The number of nitrogens with zero attached hydrogens (tertiary/aromatic N) is 3. The minimum atomic E-state index is -0.268. The van der Waals surface area contributed by atoms with Gasteiger partial charge in [-0.3, -0.25) is 4.79 Å². The van der Waals surface area contributed by atoms with Crippen molar-refractivity contribution in [3.8, 4) is 28.6 Å². The molecule has 9 heteroatoms. The first-order valence-corrected chi connectivity index (χ1v) is 14.9. The van der Waals surface area contributed by atoms with Gasteiger partial charge in [-0.15, -0.1) is 0 Å². The Balaban J connectivity index is 1.92. The molecule has 0 saturated heterocycles. The molecule has 7 nitrogen and oxygen atoms in total. The van der Waals surface area contributed by atoms with Gasteiger partial charge in [-0.05, 0) is 91.6 Å². The zero-order valence-corrected chi connectivity index (χ0v) is 27.8. The van der Waals surface area contributed by atoms with Gasteiger partial charge in [-0.25, -0.2) is 4.98 Å². The monoisotopic (exact) mass is 683 g/mol. The van der Waals surface area contributed by atoms with E-state index < -0.39 is 0 Å². The van der Waals surface area contributed by atoms with Crippen molar-refractivity contribution in [3.63, 3.8) is 0 Å². The largest absolute Gasteiger partial charge is 0.496 e. The van der Waals surface area contributed by atoms with E-state index in [2.05, 4.69) is 66.5 Å². The van der Waals surface area contributed by atoms with Crippen molar-refractivity contribution in [3.05, 3.63) is 78.5 Å². The summed E-state index contributed by atoms with van der Waals surface area (Å²) < 4.78 is 20.2. The molecule has 0 radical (unpaired) electrons. The van der Waals surface area contributed by atoms with Gasteiger partial charge in [0, 0.05) is 15.6 Å². The Morgan fingerprint density at radius 2 is 1.71 bits per heavy atom. The number of fused-ring (bicyclic) bond motifs is 1. The van der Waals surface area contributed by atoms with Gasteiger partial charge in [0.2, 0.25) is 0 Å². The second-order valence-corrected chi connectivity index (χ2v) is 12.9. The van der Waals surface area contributed by atoms with Crippen molar-refractivity contribution in [2.24, 2.45) is 10.5 Å². The molecule has 1 heterocycles. The van der Waals surface area contributed by atoms with E-state index in [1.54, 1.807) is 26.5 Å². The van der Waals surface area contributed by atoms with Crippen LogP contribution in [-0.2, 0) is 0 Å². The first-order chi connectivity index (χ1) is 19.4. The van der Waals surface area contributed by atoms with Gasteiger partial charge >= 0.3 is 0 Å². The molecule has 0 bridgehead atoms. The van der Waals surface area contributed by atoms with Crippen molar-refractivity contribution >= 4 is 49.0 Å². The molecule has 41 heavy (non-hydrogen) atoms. The number of rotatable bonds is 8. The third kappa shape index (κ3) is 6.51. The number of ether oxygens (including phenoxy) is 3. The Labute approximate surface area is 257 Å². The molecule has 0 aliphatic carbocycles. The molecule has 0 atom stereocenters. The van der Waals surface area contributed by atoms with Crippen LogP contribution in [0, 0.1) is 12.3 Å². The smallest absolute Gasteiger partial charge is 0.282 e. The Hall–Kier alpha value is -3.17. The summed E-state index contributed by atoms with van der Waals surface area (Å²) in [5, 5.41) is 5.17. The van der Waals surface area contributed by atoms with Crippen LogP contribution in [0.4, 0.5) is 0 Å². The van der Waals surface area contributed by atoms with Crippen molar-refractivity contribution in [1.82, 2.24) is 9.66 Å². The van der Waals surface area contributed by atoms with Crippen LogP contribution in [0.3, 0.4) is 0 Å². The Kier molecular flexibility index (Phi) is 9.29. The molecule has 216 valence electrons. The van der Waals surface area contributed by atoms with Crippen LogP contribution < -0.4 is 19.8 Å². The van der Waals surface area contributed by atoms with Gasteiger partial charge in [-0.2, -0.15) is 9.78 Å². The predicted molar refractivity (Wildman–Crippen MR) is 173 cm³/mol. The number of methoxy groups -OCH3 is 2. The second-order valence-electron chi connectivity index (χ2n) is 11.4. The zero-order valence-electron chi connectivity index (χ0n) is 24.6. The van der Waals surface area contributed by atoms with Crippen LogP contribution in [0.2, 0.25) is 0 Å². The standard InChI is InChI=1S/C32H35Br2N3O4/c1-18(2)22-15-23(19(3)13-25(22)39-7)30-36-24-12-10-9-11-21(24)31(38)37(30)35-16-20-14-26(40-8)29(28(34)27(20)33)41-17-32(4,5)6/h9-16,18H,17H2,1-8H3. The van der Waals surface area contributed by atoms with E-state index in [1.807, 2.05) is 43.3 Å². The number of benzene rings is 3. The summed E-state index contributed by atoms with van der Waals surface area (Å²) in [6.45, 7) is 13.0. The SMILES string of the molecule is COc1cc(C)c(-c2nc3ccccc3c(=O)n2N=Cc2cc(OC)c(OCC(C)(C)C)c(Br)c2Br)cc1C(C)C. The average Bonchev–Trinajstić information content (AvgIpc) is 2.93. The molecular weight excluding hydrogens is 650 g/mol. The van der Waals surface area contributed by atoms with Gasteiger partial charge in [0.25, 0.3) is 5.56 Å². The number of hydrogen-bond donors (Lipinski definition) is 0. The lowest BCUT2D eigenvalue weighted by molar-refractivity contribution is 0.190. The summed E-state index contributed by atoms with van der Waals surface area (Å²) in [4.78, 5) is 18.7. The first-order valence-electron chi connectivity index (χ1n) is 13.3. The molecule has 0 aliphatic rings. The summed E-state index contributed by atoms with van der Waals surface area (Å²) in [6, 6.07) is 13.1. The van der Waals surface area contributed by atoms with E-state index in [0.29, 0.717) is 44.9 Å². The molecule has 0 saturated carbocycles. The van der Waals surface area contributed by atoms with E-state index in [1.165, 1.54) is 4.68 Å². The van der Waals surface area contributed by atoms with Crippen LogP contribution in [0.5, 0.6) is 17.2 Å². The Morgan fingerprint density at radius 1 is 1.02 bits per heavy atom. The highest BCUT2D eigenvalue weighted by Crippen LogP contribution is 2.43. The summed E-state index contributed by atoms with van der Waals surface area (Å²) in [5.74, 6) is 2.58. The van der Waals surface area contributed by atoms with Gasteiger partial charge in [0.1, 0.15) is 5.75 Å². The first kappa shape index (κ1) is 30.8. The topological polar surface area (TPSA) is 74.9 Å². The van der Waals surface area contributed by atoms with Gasteiger partial charge in [-0.1, -0.05) is 46.8 Å². The highest BCUT2D eigenvalue weighted by atomic mass is 79.9. The Morgan fingerprint density at radius 3 is 2.34 bits per heavy atom. The fourth-order valence-corrected chi connectivity index (χ4v) is 5.30. The summed E-state index contributed by atoms with van der Waals surface area (Å²) in [5.41, 5.74) is 3.74. The van der Waals surface area contributed by atoms with Crippen molar-refractivity contribution in [1.29, 1.82) is 0 Å². The highest BCUT2D eigenvalue weighted by Gasteiger charge is 2.21. The van der Waals surface area contributed by atoms with Crippen LogP contribution in [0.25, 0.3) is 22.3 Å². The molecule has 0 spiro atoms. The zero-order chi connectivity index (χ0) is 30.1. The van der Waals surface area contributed by atoms with Crippen LogP contribution in [0.15, 0.2) is 61.3 Å². The van der Waals surface area contributed by atoms with E-state index in [0.717, 1.165) is 26.9 Å². The average molecular weight is 685 g/mol. The quantitative estimate of drug-likeness (QED) is 0.175. The number of halogens is 2. The highest BCUT2D eigenvalue weighted by molar-refractivity contribution is 9.13. The maximum Gasteiger partial charge on any atom is 0.282 e. The molecular formula is C32H35Br2N3O4. The summed E-state index contributed by atoms with van der Waals surface area (Å²) in [6.07, 6.45) is 1.62. The van der Waals surface area contributed by atoms with Crippen LogP contribution in [-0.4, -0.2) is 36.7 Å². The minimum Gasteiger partial charge on any atom is -0.496 e. The lowest BCUT2D eigenvalue weighted by atomic mass is 9.96. The van der Waals surface area contributed by atoms with Crippen molar-refractivity contribution in [2.75, 3.05) is 20.8 Å². The van der Waals surface area contributed by atoms with Crippen molar-refractivity contribution < 1.29 is 14.2 Å². The minimum absolute atomic E-state index is 0.0350. The summed E-state index contributed by atoms with van der Waals surface area (Å²) in [7, 11) is 3.26. The maximum atomic E-state index is 13.8. The van der Waals surface area contributed by atoms with Gasteiger partial charge in [0.15, 0.2) is 17.3 Å². The van der Waals surface area contributed by atoms with E-state index in [4.69, 9.17) is 24.3 Å². The lowest BCUT2D eigenvalue weighted by Crippen LogP contribution is -2.21. The summed E-state index contributed by atoms with van der Waals surface area (Å²) >= 11 is 7.33. The van der Waals surface area contributed by atoms with E-state index >= 15 is 0 Å². The second kappa shape index (κ2) is 12.4. The maximum absolute atomic E-state index is 13.8. The molecule has 4 rings (SSSR count). The molecule has 4 aromatic rings. The number of aryl methyl sites for hydroxylation is 1. The number of para-hydroxylation sites is 1. The lowest BCUT2D eigenvalue weighted by Gasteiger charge is -2.21. The normalized spacial score (nSPS) is 12.0. The fraction of sp³-hybridized carbons (Fsp3) is 0.344. The third-order valence-corrected chi connectivity index (χ3v) is 8.67. The van der Waals surface area contributed by atoms with Crippen molar-refractivity contribution in [2.45, 2.75) is 47.5 Å². The molecule has 0 N–H and O–H groups in total. The third-order valence-electron chi connectivity index (χ3n) is 6.53. The molecule has 3 aromatic carbocycles. The molecule has 0 aliphatic heterocycles. The van der Waals surface area contributed by atoms with E-state index in [-0.39, 0.29) is 16.9 Å². The molecule has 1 aromatic heterocycles. The molecule has 0 fully saturated rings. The van der Waals surface area contributed by atoms with Gasteiger partial charge < -0.3 is 14.2 Å². The van der Waals surface area contributed by atoms with E-state index in [9.17, 15) is 4.79 Å². The molecule has 0 unspecified atom stereocenters. The predicted octanol–water partition coefficient (Wildman–Crippen LogP) is 8.34. The fourth-order valence-electron chi connectivity index (χ4n) is 4.37. The van der Waals surface area contributed by atoms with Crippen LogP contribution >= 0.6 is 31.9 Å². The number of aromatic nitrogens is 2. The van der Waals surface area contributed by atoms with Gasteiger partial charge in [0.05, 0.1) is 42.4 Å². The van der Waals surface area contributed by atoms with Crippen LogP contribution in [0.1, 0.15) is 57.2 Å². The number of hydrogen-bond acceptors (Lipinski definition) is 6.